The third kappa shape index (κ3) is 2.09. The molecule has 0 aliphatic heterocycles. The number of hydrogen-bond acceptors (Lipinski definition) is 2. The molecule has 0 aromatic heterocycles. The minimum atomic E-state index is -0.140. The maximum Gasteiger partial charge on any atom is 0.123 e. The second-order valence-electron chi connectivity index (χ2n) is 5.47. The highest BCUT2D eigenvalue weighted by molar-refractivity contribution is 5.35. The first-order valence-electron chi connectivity index (χ1n) is 6.35. The van der Waals surface area contributed by atoms with E-state index in [0.29, 0.717) is 6.04 Å². The summed E-state index contributed by atoms with van der Waals surface area (Å²) in [6, 6.07) is 5.43. The maximum atomic E-state index is 13.1. The molecule has 0 amide bonds. The topological polar surface area (TPSA) is 32.3 Å². The molecule has 2 aliphatic carbocycles. The molecular formula is C14H18FNO. The fourth-order valence-corrected chi connectivity index (χ4v) is 2.71. The van der Waals surface area contributed by atoms with Crippen molar-refractivity contribution in [1.29, 1.82) is 0 Å². The van der Waals surface area contributed by atoms with Crippen LogP contribution in [-0.2, 0) is 6.42 Å². The molecule has 0 spiro atoms. The Balaban J connectivity index is 1.67. The van der Waals surface area contributed by atoms with Crippen LogP contribution in [0.3, 0.4) is 0 Å². The number of fused-ring (bicyclic) bond motifs is 1. The summed E-state index contributed by atoms with van der Waals surface area (Å²) >= 11 is 0. The van der Waals surface area contributed by atoms with Gasteiger partial charge in [-0.3, -0.25) is 0 Å². The molecule has 17 heavy (non-hydrogen) atoms. The number of rotatable bonds is 4. The Labute approximate surface area is 101 Å². The van der Waals surface area contributed by atoms with Gasteiger partial charge in [0.2, 0.25) is 0 Å². The van der Waals surface area contributed by atoms with E-state index in [4.69, 9.17) is 0 Å². The standard InChI is InChI=1S/C14H18FNO/c15-11-2-3-12-10(7-11)1-4-13(12)16-8-14(9-17)5-6-14/h2-3,7,13,16-17H,1,4-6,8-9H2. The number of halogens is 1. The molecule has 1 saturated carbocycles. The van der Waals surface area contributed by atoms with E-state index in [0.717, 1.165) is 37.8 Å². The summed E-state index contributed by atoms with van der Waals surface area (Å²) in [5.41, 5.74) is 2.51. The van der Waals surface area contributed by atoms with Crippen molar-refractivity contribution in [3.8, 4) is 0 Å². The molecule has 1 atom stereocenters. The van der Waals surface area contributed by atoms with Crippen LogP contribution in [0.25, 0.3) is 0 Å². The Morgan fingerprint density at radius 3 is 2.94 bits per heavy atom. The zero-order chi connectivity index (χ0) is 11.9. The van der Waals surface area contributed by atoms with E-state index in [9.17, 15) is 9.50 Å². The normalized spacial score (nSPS) is 24.7. The van der Waals surface area contributed by atoms with Crippen molar-refractivity contribution in [1.82, 2.24) is 5.32 Å². The molecule has 2 nitrogen and oxygen atoms in total. The highest BCUT2D eigenvalue weighted by atomic mass is 19.1. The monoisotopic (exact) mass is 235 g/mol. The fourth-order valence-electron chi connectivity index (χ4n) is 2.71. The van der Waals surface area contributed by atoms with Crippen molar-refractivity contribution >= 4 is 0 Å². The van der Waals surface area contributed by atoms with Crippen LogP contribution in [0.2, 0.25) is 0 Å². The number of aliphatic hydroxyl groups excluding tert-OH is 1. The number of nitrogens with one attached hydrogen (secondary N) is 1. The molecule has 1 aromatic rings. The molecule has 2 aliphatic rings. The summed E-state index contributed by atoms with van der Waals surface area (Å²) in [6.07, 6.45) is 4.25. The highest BCUT2D eigenvalue weighted by Gasteiger charge is 2.42. The Bertz CT molecular complexity index is 428. The van der Waals surface area contributed by atoms with Crippen molar-refractivity contribution in [2.45, 2.75) is 31.7 Å². The minimum Gasteiger partial charge on any atom is -0.396 e. The zero-order valence-corrected chi connectivity index (χ0v) is 9.88. The van der Waals surface area contributed by atoms with Gasteiger partial charge in [0.25, 0.3) is 0 Å². The largest absolute Gasteiger partial charge is 0.396 e. The number of hydrogen-bond donors (Lipinski definition) is 2. The molecule has 0 bridgehead atoms. The van der Waals surface area contributed by atoms with Gasteiger partial charge in [-0.1, -0.05) is 6.07 Å². The van der Waals surface area contributed by atoms with E-state index in [-0.39, 0.29) is 17.8 Å². The van der Waals surface area contributed by atoms with Crippen LogP contribution in [0.5, 0.6) is 0 Å². The third-order valence-corrected chi connectivity index (χ3v) is 4.20. The second kappa shape index (κ2) is 4.07. The van der Waals surface area contributed by atoms with Crippen molar-refractivity contribution in [2.24, 2.45) is 5.41 Å². The van der Waals surface area contributed by atoms with Crippen LogP contribution < -0.4 is 5.32 Å². The average Bonchev–Trinajstić information content (AvgIpc) is 3.02. The molecular weight excluding hydrogens is 217 g/mol. The molecule has 0 radical (unpaired) electrons. The third-order valence-electron chi connectivity index (χ3n) is 4.20. The van der Waals surface area contributed by atoms with Gasteiger partial charge in [0.1, 0.15) is 5.82 Å². The second-order valence-corrected chi connectivity index (χ2v) is 5.47. The summed E-state index contributed by atoms with van der Waals surface area (Å²) in [7, 11) is 0. The highest BCUT2D eigenvalue weighted by Crippen LogP contribution is 2.45. The van der Waals surface area contributed by atoms with E-state index >= 15 is 0 Å². The number of aryl methyl sites for hydroxylation is 1. The lowest BCUT2D eigenvalue weighted by Gasteiger charge is -2.18. The molecule has 1 aromatic carbocycles. The van der Waals surface area contributed by atoms with E-state index in [1.54, 1.807) is 6.07 Å². The molecule has 2 N–H and O–H groups in total. The van der Waals surface area contributed by atoms with Gasteiger partial charge in [0.15, 0.2) is 0 Å². The Morgan fingerprint density at radius 2 is 2.24 bits per heavy atom. The molecule has 1 fully saturated rings. The van der Waals surface area contributed by atoms with Crippen LogP contribution >= 0.6 is 0 Å². The van der Waals surface area contributed by atoms with Crippen molar-refractivity contribution in [3.05, 3.63) is 35.1 Å². The van der Waals surface area contributed by atoms with Crippen molar-refractivity contribution < 1.29 is 9.50 Å². The van der Waals surface area contributed by atoms with E-state index < -0.39 is 0 Å². The predicted molar refractivity (Wildman–Crippen MR) is 64.2 cm³/mol. The van der Waals surface area contributed by atoms with Gasteiger partial charge in [-0.05, 0) is 48.9 Å². The van der Waals surface area contributed by atoms with Crippen LogP contribution in [0, 0.1) is 11.2 Å². The number of aliphatic hydroxyl groups is 1. The molecule has 1 unspecified atom stereocenters. The first-order valence-corrected chi connectivity index (χ1v) is 6.35. The SMILES string of the molecule is OCC1(CNC2CCc3cc(F)ccc32)CC1. The smallest absolute Gasteiger partial charge is 0.123 e. The van der Waals surface area contributed by atoms with E-state index in [1.165, 1.54) is 11.6 Å². The zero-order valence-electron chi connectivity index (χ0n) is 9.88. The number of benzene rings is 1. The summed E-state index contributed by atoms with van der Waals surface area (Å²) in [4.78, 5) is 0. The molecule has 0 heterocycles. The van der Waals surface area contributed by atoms with Crippen LogP contribution in [-0.4, -0.2) is 18.3 Å². The summed E-state index contributed by atoms with van der Waals surface area (Å²) in [5.74, 6) is -0.140. The molecule has 3 rings (SSSR count). The van der Waals surface area contributed by atoms with Gasteiger partial charge >= 0.3 is 0 Å². The lowest BCUT2D eigenvalue weighted by Crippen LogP contribution is -2.29. The molecule has 3 heteroatoms. The van der Waals surface area contributed by atoms with E-state index in [1.807, 2.05) is 6.07 Å². The first-order chi connectivity index (χ1) is 8.22. The predicted octanol–water partition coefficient (Wildman–Crippen LogP) is 2.18. The van der Waals surface area contributed by atoms with Gasteiger partial charge in [-0.15, -0.1) is 0 Å². The first kappa shape index (κ1) is 11.2. The minimum absolute atomic E-state index is 0.140. The van der Waals surface area contributed by atoms with Crippen molar-refractivity contribution in [3.63, 3.8) is 0 Å². The fraction of sp³-hybridized carbons (Fsp3) is 0.571. The van der Waals surface area contributed by atoms with Crippen LogP contribution in [0.15, 0.2) is 18.2 Å². The van der Waals surface area contributed by atoms with Crippen LogP contribution in [0.1, 0.15) is 36.4 Å². The van der Waals surface area contributed by atoms with Gasteiger partial charge in [-0.25, -0.2) is 4.39 Å². The van der Waals surface area contributed by atoms with Crippen molar-refractivity contribution in [2.75, 3.05) is 13.2 Å². The Morgan fingerprint density at radius 1 is 1.41 bits per heavy atom. The van der Waals surface area contributed by atoms with Gasteiger partial charge < -0.3 is 10.4 Å². The summed E-state index contributed by atoms with van der Waals surface area (Å²) in [6.45, 7) is 1.16. The quantitative estimate of drug-likeness (QED) is 0.838. The molecule has 92 valence electrons. The maximum absolute atomic E-state index is 13.1. The van der Waals surface area contributed by atoms with Gasteiger partial charge in [-0.2, -0.15) is 0 Å². The lowest BCUT2D eigenvalue weighted by molar-refractivity contribution is 0.204. The van der Waals surface area contributed by atoms with Gasteiger partial charge in [0.05, 0.1) is 0 Å². The Kier molecular flexibility index (Phi) is 2.68. The average molecular weight is 235 g/mol. The summed E-state index contributed by atoms with van der Waals surface area (Å²) < 4.78 is 13.1. The van der Waals surface area contributed by atoms with Gasteiger partial charge in [0, 0.05) is 24.6 Å². The Hall–Kier alpha value is -0.930. The molecule has 0 saturated heterocycles. The van der Waals surface area contributed by atoms with E-state index in [2.05, 4.69) is 5.32 Å². The summed E-state index contributed by atoms with van der Waals surface area (Å²) in [5, 5.41) is 12.8. The lowest BCUT2D eigenvalue weighted by atomic mass is 10.1. The van der Waals surface area contributed by atoms with Crippen LogP contribution in [0.4, 0.5) is 4.39 Å².